The number of rotatable bonds is 18. The fourth-order valence-electron chi connectivity index (χ4n) is 4.19. The van der Waals surface area contributed by atoms with E-state index in [9.17, 15) is 4.79 Å². The summed E-state index contributed by atoms with van der Waals surface area (Å²) in [4.78, 5) is 13.2. The van der Waals surface area contributed by atoms with E-state index in [4.69, 9.17) is 31.9 Å². The lowest BCUT2D eigenvalue weighted by Gasteiger charge is -2.29. The van der Waals surface area contributed by atoms with Gasteiger partial charge in [0.2, 0.25) is 0 Å². The van der Waals surface area contributed by atoms with Gasteiger partial charge in [0.05, 0.1) is 21.3 Å². The van der Waals surface area contributed by atoms with Gasteiger partial charge in [-0.1, -0.05) is 43.4 Å². The molecule has 0 amide bonds. The summed E-state index contributed by atoms with van der Waals surface area (Å²) in [7, 11) is 0.0544. The van der Waals surface area contributed by atoms with Crippen LogP contribution in [0.5, 0.6) is 34.5 Å². The van der Waals surface area contributed by atoms with Crippen LogP contribution in [0.25, 0.3) is 0 Å². The minimum absolute atomic E-state index is 0.116. The maximum Gasteiger partial charge on any atom is 0.969 e. The Morgan fingerprint density at radius 3 is 1.26 bits per heavy atom. The first kappa shape index (κ1) is 32.9. The quantitative estimate of drug-likeness (QED) is 0.111. The predicted molar refractivity (Wildman–Crippen MR) is 169 cm³/mol. The Kier molecular flexibility index (Phi) is 12.3. The number of benzene rings is 3. The molecule has 3 aromatic rings. The topological polar surface area (TPSA) is 81.7 Å². The molecule has 0 aromatic heterocycles. The van der Waals surface area contributed by atoms with E-state index in [-0.39, 0.29) is 23.7 Å². The van der Waals surface area contributed by atoms with Crippen LogP contribution in [0.15, 0.2) is 92.6 Å². The molecular weight excluding hydrogens is 564 g/mol. The summed E-state index contributed by atoms with van der Waals surface area (Å²) in [6.07, 6.45) is 7.90. The molecule has 0 saturated carbocycles. The number of hydrogen-bond donors (Lipinski definition) is 0. The SMILES string of the molecule is C=CCc1ccc(O[Si](OC(=O)CCC)(Oc2ccc(CC=C)cc2OC)Oc2ccc(CC=C)cc2OC)c(OC)c1. The zero-order valence-corrected chi connectivity index (χ0v) is 26.4. The molecule has 0 heterocycles. The van der Waals surface area contributed by atoms with E-state index in [1.165, 1.54) is 21.3 Å². The Bertz CT molecular complexity index is 1260. The van der Waals surface area contributed by atoms with Gasteiger partial charge in [-0.3, -0.25) is 4.79 Å². The fraction of sp³-hybridized carbons (Fsp3) is 0.265. The molecule has 8 nitrogen and oxygen atoms in total. The van der Waals surface area contributed by atoms with Gasteiger partial charge in [-0.05, 0) is 78.8 Å². The van der Waals surface area contributed by atoms with Gasteiger partial charge in [0.25, 0.3) is 5.97 Å². The number of allylic oxidation sites excluding steroid dienone is 3. The molecule has 228 valence electrons. The number of methoxy groups -OCH3 is 3. The molecule has 0 saturated heterocycles. The Hall–Kier alpha value is -4.63. The van der Waals surface area contributed by atoms with E-state index in [1.54, 1.807) is 36.4 Å². The fourth-order valence-corrected chi connectivity index (χ4v) is 6.14. The van der Waals surface area contributed by atoms with Crippen molar-refractivity contribution in [2.45, 2.75) is 39.0 Å². The van der Waals surface area contributed by atoms with Crippen LogP contribution in [-0.2, 0) is 28.5 Å². The van der Waals surface area contributed by atoms with E-state index in [0.29, 0.717) is 42.9 Å². The van der Waals surface area contributed by atoms with Gasteiger partial charge in [0.1, 0.15) is 0 Å². The Morgan fingerprint density at radius 1 is 0.628 bits per heavy atom. The van der Waals surface area contributed by atoms with E-state index < -0.39 is 15.0 Å². The minimum atomic E-state index is -4.52. The number of ether oxygens (including phenoxy) is 3. The Balaban J connectivity index is 2.22. The Morgan fingerprint density at radius 2 is 0.977 bits per heavy atom. The molecule has 0 aliphatic carbocycles. The van der Waals surface area contributed by atoms with Crippen molar-refractivity contribution in [2.75, 3.05) is 21.3 Å². The summed E-state index contributed by atoms with van der Waals surface area (Å²) in [5.74, 6) is 1.42. The van der Waals surface area contributed by atoms with Crippen molar-refractivity contribution in [2.24, 2.45) is 0 Å². The first-order chi connectivity index (χ1) is 20.8. The second-order valence-corrected chi connectivity index (χ2v) is 11.3. The molecule has 0 bridgehead atoms. The first-order valence-electron chi connectivity index (χ1n) is 14.0. The predicted octanol–water partition coefficient (Wildman–Crippen LogP) is 7.21. The lowest BCUT2D eigenvalue weighted by Crippen LogP contribution is -2.59. The first-order valence-corrected chi connectivity index (χ1v) is 15.6. The van der Waals surface area contributed by atoms with Crippen molar-refractivity contribution in [1.29, 1.82) is 0 Å². The average Bonchev–Trinajstić information content (AvgIpc) is 3.00. The van der Waals surface area contributed by atoms with Crippen LogP contribution in [-0.4, -0.2) is 36.3 Å². The standard InChI is InChI=1S/C34H40O8Si/c1-8-12-25-16-19-28(31(22-25)36-5)39-43(42-34(35)15-11-4,40-29-20-17-26(13-9-2)23-32(29)37-6)41-30-21-18-27(14-10-3)24-33(30)38-7/h8-10,16-24H,1-3,11-15H2,4-7H3. The van der Waals surface area contributed by atoms with Gasteiger partial charge in [-0.15, -0.1) is 19.7 Å². The van der Waals surface area contributed by atoms with Crippen LogP contribution >= 0.6 is 0 Å². The third-order valence-corrected chi connectivity index (χ3v) is 8.11. The highest BCUT2D eigenvalue weighted by atomic mass is 28.4. The summed E-state index contributed by atoms with van der Waals surface area (Å²) in [6.45, 7) is 13.3. The number of carbonyl (C=O) groups excluding carboxylic acids is 1. The van der Waals surface area contributed by atoms with Crippen molar-refractivity contribution in [1.82, 2.24) is 0 Å². The molecule has 0 aliphatic rings. The maximum absolute atomic E-state index is 13.2. The minimum Gasteiger partial charge on any atom is -0.493 e. The smallest absolute Gasteiger partial charge is 0.493 e. The molecule has 3 aromatic carbocycles. The molecule has 0 unspecified atom stereocenters. The highest BCUT2D eigenvalue weighted by Gasteiger charge is 2.60. The van der Waals surface area contributed by atoms with Crippen LogP contribution in [0.2, 0.25) is 0 Å². The van der Waals surface area contributed by atoms with Crippen molar-refractivity contribution < 1.29 is 36.7 Å². The molecule has 9 heteroatoms. The van der Waals surface area contributed by atoms with Gasteiger partial charge in [0.15, 0.2) is 34.5 Å². The second-order valence-electron chi connectivity index (χ2n) is 9.46. The van der Waals surface area contributed by atoms with E-state index in [0.717, 1.165) is 16.7 Å². The van der Waals surface area contributed by atoms with Crippen LogP contribution in [0.4, 0.5) is 0 Å². The van der Waals surface area contributed by atoms with Crippen LogP contribution in [0.3, 0.4) is 0 Å². The number of hydrogen-bond acceptors (Lipinski definition) is 8. The lowest BCUT2D eigenvalue weighted by atomic mass is 10.1. The molecule has 3 rings (SSSR count). The molecule has 43 heavy (non-hydrogen) atoms. The summed E-state index contributed by atoms with van der Waals surface area (Å²) in [5.41, 5.74) is 2.86. The zero-order chi connectivity index (χ0) is 31.2. The highest BCUT2D eigenvalue weighted by molar-refractivity contribution is 6.58. The third-order valence-electron chi connectivity index (χ3n) is 6.22. The van der Waals surface area contributed by atoms with Crippen molar-refractivity contribution in [3.05, 3.63) is 109 Å². The Labute approximate surface area is 255 Å². The van der Waals surface area contributed by atoms with E-state index in [2.05, 4.69) is 19.7 Å². The molecule has 0 radical (unpaired) electrons. The van der Waals surface area contributed by atoms with Gasteiger partial charge in [0, 0.05) is 6.42 Å². The van der Waals surface area contributed by atoms with E-state index >= 15 is 0 Å². The van der Waals surface area contributed by atoms with Crippen molar-refractivity contribution in [3.63, 3.8) is 0 Å². The summed E-state index contributed by atoms with van der Waals surface area (Å²) >= 11 is 0. The summed E-state index contributed by atoms with van der Waals surface area (Å²) in [6, 6.07) is 16.2. The van der Waals surface area contributed by atoms with Gasteiger partial charge in [-0.2, -0.15) is 0 Å². The molecule has 0 atom stereocenters. The van der Waals surface area contributed by atoms with Crippen LogP contribution < -0.4 is 27.5 Å². The third kappa shape index (κ3) is 8.92. The highest BCUT2D eigenvalue weighted by Crippen LogP contribution is 2.38. The maximum atomic E-state index is 13.2. The molecular formula is C34H40O8Si. The normalized spacial score (nSPS) is 10.7. The molecule has 0 aliphatic heterocycles. The van der Waals surface area contributed by atoms with E-state index in [1.807, 2.05) is 43.3 Å². The zero-order valence-electron chi connectivity index (χ0n) is 25.4. The monoisotopic (exact) mass is 604 g/mol. The average molecular weight is 605 g/mol. The van der Waals surface area contributed by atoms with Crippen molar-refractivity contribution in [3.8, 4) is 34.5 Å². The largest absolute Gasteiger partial charge is 0.969 e. The lowest BCUT2D eigenvalue weighted by molar-refractivity contribution is -0.139. The van der Waals surface area contributed by atoms with Gasteiger partial charge >= 0.3 is 9.05 Å². The van der Waals surface area contributed by atoms with Gasteiger partial charge < -0.3 is 31.9 Å². The summed E-state index contributed by atoms with van der Waals surface area (Å²) in [5, 5.41) is 0. The van der Waals surface area contributed by atoms with Crippen LogP contribution in [0, 0.1) is 0 Å². The summed E-state index contributed by atoms with van der Waals surface area (Å²) < 4.78 is 42.5. The molecule has 0 fully saturated rings. The van der Waals surface area contributed by atoms with Crippen LogP contribution in [0.1, 0.15) is 36.5 Å². The number of carbonyl (C=O) groups is 1. The van der Waals surface area contributed by atoms with Gasteiger partial charge in [-0.25, -0.2) is 0 Å². The second kappa shape index (κ2) is 16.1. The molecule has 0 N–H and O–H groups in total. The van der Waals surface area contributed by atoms with Crippen molar-refractivity contribution >= 4 is 15.0 Å². The molecule has 0 spiro atoms.